The van der Waals surface area contributed by atoms with E-state index in [1.165, 1.54) is 12.5 Å². The average Bonchev–Trinajstić information content (AvgIpc) is 2.60. The minimum Gasteiger partial charge on any atom is -0.385 e. The van der Waals surface area contributed by atoms with Gasteiger partial charge in [-0.1, -0.05) is 0 Å². The molecule has 1 aromatic heterocycles. The highest BCUT2D eigenvalue weighted by atomic mass is 35.7. The minimum atomic E-state index is -3.70. The van der Waals surface area contributed by atoms with Crippen molar-refractivity contribution in [2.75, 3.05) is 13.7 Å². The van der Waals surface area contributed by atoms with Crippen molar-refractivity contribution < 1.29 is 13.2 Å². The summed E-state index contributed by atoms with van der Waals surface area (Å²) in [6.07, 6.45) is 4.72. The maximum Gasteiger partial charge on any atom is 0.280 e. The molecule has 0 N–H and O–H groups in total. The summed E-state index contributed by atoms with van der Waals surface area (Å²) in [7, 11) is 3.08. The topological polar surface area (TPSA) is 61.2 Å². The second kappa shape index (κ2) is 5.48. The summed E-state index contributed by atoms with van der Waals surface area (Å²) < 4.78 is 28.4. The Morgan fingerprint density at radius 1 is 1.53 bits per heavy atom. The van der Waals surface area contributed by atoms with Crippen LogP contribution in [0.25, 0.3) is 0 Å². The number of aromatic nitrogens is 2. The maximum atomic E-state index is 10.9. The van der Waals surface area contributed by atoms with Crippen molar-refractivity contribution in [2.45, 2.75) is 24.4 Å². The molecule has 0 atom stereocenters. The molecule has 7 heteroatoms. The summed E-state index contributed by atoms with van der Waals surface area (Å²) in [6.45, 7) is 1.41. The fourth-order valence-corrected chi connectivity index (χ4v) is 1.80. The largest absolute Gasteiger partial charge is 0.385 e. The van der Waals surface area contributed by atoms with Crippen LogP contribution in [0.4, 0.5) is 0 Å². The van der Waals surface area contributed by atoms with Gasteiger partial charge in [0.05, 0.1) is 6.33 Å². The normalized spacial score (nSPS) is 11.9. The van der Waals surface area contributed by atoms with Gasteiger partial charge in [0.1, 0.15) is 0 Å². The number of methoxy groups -OCH3 is 1. The van der Waals surface area contributed by atoms with Crippen LogP contribution in [-0.2, 0) is 20.3 Å². The standard InChI is InChI=1S/C8H13ClN2O3S/c1-14-5-3-2-4-11-6-8(10-7-11)15(9,12)13/h6-7H,2-5H2,1H3. The van der Waals surface area contributed by atoms with Crippen LogP contribution < -0.4 is 0 Å². The Morgan fingerprint density at radius 3 is 2.80 bits per heavy atom. The molecule has 0 radical (unpaired) electrons. The lowest BCUT2D eigenvalue weighted by atomic mass is 10.3. The first kappa shape index (κ1) is 12.5. The predicted molar refractivity (Wildman–Crippen MR) is 56.4 cm³/mol. The van der Waals surface area contributed by atoms with Crippen molar-refractivity contribution in [3.05, 3.63) is 12.5 Å². The van der Waals surface area contributed by atoms with E-state index in [1.54, 1.807) is 11.7 Å². The van der Waals surface area contributed by atoms with Crippen molar-refractivity contribution in [3.8, 4) is 0 Å². The summed E-state index contributed by atoms with van der Waals surface area (Å²) >= 11 is 0. The highest BCUT2D eigenvalue weighted by Gasteiger charge is 2.12. The molecule has 15 heavy (non-hydrogen) atoms. The molecular weight excluding hydrogens is 240 g/mol. The summed E-state index contributed by atoms with van der Waals surface area (Å²) in [6, 6.07) is 0. The molecule has 5 nitrogen and oxygen atoms in total. The van der Waals surface area contributed by atoms with Gasteiger partial charge in [-0.3, -0.25) is 0 Å². The number of aryl methyl sites for hydroxylation is 1. The Kier molecular flexibility index (Phi) is 4.56. The number of hydrogen-bond donors (Lipinski definition) is 0. The van der Waals surface area contributed by atoms with Crippen LogP contribution in [-0.4, -0.2) is 31.7 Å². The van der Waals surface area contributed by atoms with Gasteiger partial charge in [0.15, 0.2) is 5.03 Å². The maximum absolute atomic E-state index is 10.9. The van der Waals surface area contributed by atoms with Gasteiger partial charge in [-0.25, -0.2) is 13.4 Å². The molecule has 0 aliphatic carbocycles. The van der Waals surface area contributed by atoms with Crippen LogP contribution in [0.2, 0.25) is 0 Å². The van der Waals surface area contributed by atoms with Gasteiger partial charge >= 0.3 is 0 Å². The number of imidazole rings is 1. The molecule has 0 spiro atoms. The van der Waals surface area contributed by atoms with Gasteiger partial charge in [0.2, 0.25) is 0 Å². The second-order valence-electron chi connectivity index (χ2n) is 3.09. The van der Waals surface area contributed by atoms with Crippen LogP contribution in [0.15, 0.2) is 17.6 Å². The monoisotopic (exact) mass is 252 g/mol. The van der Waals surface area contributed by atoms with Crippen LogP contribution in [0, 0.1) is 0 Å². The lowest BCUT2D eigenvalue weighted by Gasteiger charge is -2.00. The Labute approximate surface area is 93.4 Å². The zero-order valence-electron chi connectivity index (χ0n) is 8.39. The lowest BCUT2D eigenvalue weighted by Crippen LogP contribution is -1.97. The third kappa shape index (κ3) is 4.19. The van der Waals surface area contributed by atoms with E-state index < -0.39 is 9.05 Å². The molecule has 86 valence electrons. The number of ether oxygens (including phenoxy) is 1. The van der Waals surface area contributed by atoms with E-state index in [4.69, 9.17) is 15.4 Å². The molecule has 0 aromatic carbocycles. The van der Waals surface area contributed by atoms with Gasteiger partial charge in [-0.05, 0) is 12.8 Å². The van der Waals surface area contributed by atoms with Crippen molar-refractivity contribution in [1.29, 1.82) is 0 Å². The molecule has 0 unspecified atom stereocenters. The highest BCUT2D eigenvalue weighted by molar-refractivity contribution is 8.13. The van der Waals surface area contributed by atoms with E-state index >= 15 is 0 Å². The smallest absolute Gasteiger partial charge is 0.280 e. The Hall–Kier alpha value is -0.590. The fourth-order valence-electron chi connectivity index (χ4n) is 1.13. The number of unbranched alkanes of at least 4 members (excludes halogenated alkanes) is 1. The quantitative estimate of drug-likeness (QED) is 0.565. The van der Waals surface area contributed by atoms with Crippen molar-refractivity contribution in [2.24, 2.45) is 0 Å². The summed E-state index contributed by atoms with van der Waals surface area (Å²) in [5.41, 5.74) is 0. The van der Waals surface area contributed by atoms with Crippen LogP contribution in [0.5, 0.6) is 0 Å². The fraction of sp³-hybridized carbons (Fsp3) is 0.625. The zero-order chi connectivity index (χ0) is 11.3. The lowest BCUT2D eigenvalue weighted by molar-refractivity contribution is 0.191. The molecule has 0 saturated carbocycles. The third-order valence-corrected chi connectivity index (χ3v) is 3.06. The number of halogens is 1. The molecule has 0 fully saturated rings. The molecule has 0 amide bonds. The van der Waals surface area contributed by atoms with E-state index in [0.717, 1.165) is 12.8 Å². The van der Waals surface area contributed by atoms with Gasteiger partial charge in [0, 0.05) is 37.1 Å². The first-order valence-electron chi connectivity index (χ1n) is 4.49. The molecule has 0 saturated heterocycles. The number of hydrogen-bond acceptors (Lipinski definition) is 4. The van der Waals surface area contributed by atoms with Crippen molar-refractivity contribution >= 4 is 19.7 Å². The van der Waals surface area contributed by atoms with Gasteiger partial charge < -0.3 is 9.30 Å². The molecule has 0 aliphatic rings. The van der Waals surface area contributed by atoms with E-state index in [2.05, 4.69) is 4.98 Å². The minimum absolute atomic E-state index is 0.101. The van der Waals surface area contributed by atoms with Gasteiger partial charge in [-0.15, -0.1) is 0 Å². The van der Waals surface area contributed by atoms with Crippen LogP contribution >= 0.6 is 10.7 Å². The Bertz CT molecular complexity index is 402. The highest BCUT2D eigenvalue weighted by Crippen LogP contribution is 2.11. The molecule has 1 heterocycles. The zero-order valence-corrected chi connectivity index (χ0v) is 9.96. The Balaban J connectivity index is 2.47. The van der Waals surface area contributed by atoms with Crippen LogP contribution in [0.3, 0.4) is 0 Å². The van der Waals surface area contributed by atoms with Crippen molar-refractivity contribution in [1.82, 2.24) is 9.55 Å². The van der Waals surface area contributed by atoms with E-state index in [1.807, 2.05) is 0 Å². The predicted octanol–water partition coefficient (Wildman–Crippen LogP) is 1.24. The first-order chi connectivity index (χ1) is 7.04. The van der Waals surface area contributed by atoms with E-state index in [0.29, 0.717) is 13.2 Å². The first-order valence-corrected chi connectivity index (χ1v) is 6.80. The van der Waals surface area contributed by atoms with Crippen molar-refractivity contribution in [3.63, 3.8) is 0 Å². The molecular formula is C8H13ClN2O3S. The van der Waals surface area contributed by atoms with Gasteiger partial charge in [0.25, 0.3) is 9.05 Å². The number of nitrogens with zero attached hydrogens (tertiary/aromatic N) is 2. The van der Waals surface area contributed by atoms with E-state index in [-0.39, 0.29) is 5.03 Å². The van der Waals surface area contributed by atoms with Crippen LogP contribution in [0.1, 0.15) is 12.8 Å². The molecule has 0 aliphatic heterocycles. The summed E-state index contributed by atoms with van der Waals surface area (Å²) in [5.74, 6) is 0. The summed E-state index contributed by atoms with van der Waals surface area (Å²) in [4.78, 5) is 3.70. The average molecular weight is 253 g/mol. The van der Waals surface area contributed by atoms with Gasteiger partial charge in [-0.2, -0.15) is 0 Å². The molecule has 1 aromatic rings. The molecule has 1 rings (SSSR count). The van der Waals surface area contributed by atoms with E-state index in [9.17, 15) is 8.42 Å². The Morgan fingerprint density at radius 2 is 2.27 bits per heavy atom. The molecule has 0 bridgehead atoms. The second-order valence-corrected chi connectivity index (χ2v) is 5.60. The third-order valence-electron chi connectivity index (χ3n) is 1.87. The SMILES string of the molecule is COCCCCn1cnc(S(=O)(=O)Cl)c1. The number of rotatable bonds is 6. The summed E-state index contributed by atoms with van der Waals surface area (Å²) in [5, 5.41) is -0.101.